The molecule has 2 unspecified atom stereocenters. The largest absolute Gasteiger partial charge is 0.396 e. The first-order valence-corrected chi connectivity index (χ1v) is 7.35. The Balaban J connectivity index is 2.10. The minimum atomic E-state index is 0.129. The summed E-state index contributed by atoms with van der Waals surface area (Å²) >= 11 is 4.17. The van der Waals surface area contributed by atoms with Crippen LogP contribution in [0, 0.1) is 11.3 Å². The van der Waals surface area contributed by atoms with Crippen molar-refractivity contribution in [3.05, 3.63) is 12.2 Å². The third-order valence-electron chi connectivity index (χ3n) is 3.37. The van der Waals surface area contributed by atoms with Crippen molar-refractivity contribution in [1.29, 1.82) is 0 Å². The minimum absolute atomic E-state index is 0.129. The lowest BCUT2D eigenvalue weighted by atomic mass is 9.71. The first-order valence-electron chi connectivity index (χ1n) is 5.25. The van der Waals surface area contributed by atoms with E-state index in [2.05, 4.69) is 42.6 Å². The molecule has 14 heavy (non-hydrogen) atoms. The molecule has 2 atom stereocenters. The summed E-state index contributed by atoms with van der Waals surface area (Å²) in [5.41, 5.74) is 0.129. The molecule has 0 radical (unpaired) electrons. The SMILES string of the molecule is CC1(CO)CC=CCC1C1SCCS1. The Labute approximate surface area is 94.7 Å². The van der Waals surface area contributed by atoms with Crippen LogP contribution in [-0.2, 0) is 0 Å². The highest BCUT2D eigenvalue weighted by molar-refractivity contribution is 8.20. The summed E-state index contributed by atoms with van der Waals surface area (Å²) in [5.74, 6) is 3.24. The number of hydrogen-bond donors (Lipinski definition) is 1. The van der Waals surface area contributed by atoms with Crippen molar-refractivity contribution in [3.63, 3.8) is 0 Å². The van der Waals surface area contributed by atoms with E-state index in [-0.39, 0.29) is 5.41 Å². The van der Waals surface area contributed by atoms with Crippen molar-refractivity contribution in [2.24, 2.45) is 11.3 Å². The fraction of sp³-hybridized carbons (Fsp3) is 0.818. The number of rotatable bonds is 2. The van der Waals surface area contributed by atoms with Gasteiger partial charge in [0.25, 0.3) is 0 Å². The highest BCUT2D eigenvalue weighted by atomic mass is 32.2. The topological polar surface area (TPSA) is 20.2 Å². The second-order valence-corrected chi connectivity index (χ2v) is 7.24. The molecule has 0 aromatic carbocycles. The maximum Gasteiger partial charge on any atom is 0.0540 e. The van der Waals surface area contributed by atoms with Gasteiger partial charge in [-0.1, -0.05) is 19.1 Å². The lowest BCUT2D eigenvalue weighted by Crippen LogP contribution is -2.37. The van der Waals surface area contributed by atoms with E-state index in [0.717, 1.165) is 17.4 Å². The van der Waals surface area contributed by atoms with Crippen LogP contribution in [0.25, 0.3) is 0 Å². The van der Waals surface area contributed by atoms with E-state index in [9.17, 15) is 5.11 Å². The predicted molar refractivity (Wildman–Crippen MR) is 65.8 cm³/mol. The van der Waals surface area contributed by atoms with Crippen LogP contribution in [-0.4, -0.2) is 27.8 Å². The van der Waals surface area contributed by atoms with Crippen LogP contribution < -0.4 is 0 Å². The van der Waals surface area contributed by atoms with E-state index < -0.39 is 0 Å². The molecule has 1 aliphatic heterocycles. The second-order valence-electron chi connectivity index (χ2n) is 4.44. The van der Waals surface area contributed by atoms with Crippen LogP contribution >= 0.6 is 23.5 Å². The molecule has 1 N–H and O–H groups in total. The highest BCUT2D eigenvalue weighted by Gasteiger charge is 2.40. The molecule has 0 aromatic heterocycles. The Hall–Kier alpha value is 0.400. The van der Waals surface area contributed by atoms with Crippen molar-refractivity contribution in [2.75, 3.05) is 18.1 Å². The molecule has 0 saturated carbocycles. The van der Waals surface area contributed by atoms with Gasteiger partial charge in [-0.3, -0.25) is 0 Å². The van der Waals surface area contributed by atoms with Gasteiger partial charge in [0.1, 0.15) is 0 Å². The molecule has 1 nitrogen and oxygen atoms in total. The normalized spacial score (nSPS) is 39.1. The zero-order valence-electron chi connectivity index (χ0n) is 8.61. The summed E-state index contributed by atoms with van der Waals surface area (Å²) in [5, 5.41) is 9.53. The standard InChI is InChI=1S/C11H18OS2/c1-11(8-12)5-3-2-4-9(11)10-13-6-7-14-10/h2-3,9-10,12H,4-8H2,1H3. The van der Waals surface area contributed by atoms with Gasteiger partial charge in [0.15, 0.2) is 0 Å². The van der Waals surface area contributed by atoms with Crippen molar-refractivity contribution in [1.82, 2.24) is 0 Å². The van der Waals surface area contributed by atoms with Crippen LogP contribution in [0.5, 0.6) is 0 Å². The summed E-state index contributed by atoms with van der Waals surface area (Å²) in [6.07, 6.45) is 6.73. The maximum atomic E-state index is 9.53. The van der Waals surface area contributed by atoms with E-state index in [0.29, 0.717) is 12.5 Å². The molecule has 1 saturated heterocycles. The Morgan fingerprint density at radius 2 is 2.07 bits per heavy atom. The lowest BCUT2D eigenvalue weighted by Gasteiger charge is -2.40. The minimum Gasteiger partial charge on any atom is -0.396 e. The van der Waals surface area contributed by atoms with Crippen molar-refractivity contribution in [2.45, 2.75) is 24.3 Å². The smallest absolute Gasteiger partial charge is 0.0540 e. The quantitative estimate of drug-likeness (QED) is 0.737. The van der Waals surface area contributed by atoms with E-state index >= 15 is 0 Å². The monoisotopic (exact) mass is 230 g/mol. The Bertz CT molecular complexity index is 223. The van der Waals surface area contributed by atoms with Crippen LogP contribution in [0.3, 0.4) is 0 Å². The molecule has 0 aromatic rings. The Kier molecular flexibility index (Phi) is 3.50. The van der Waals surface area contributed by atoms with E-state index in [1.54, 1.807) is 0 Å². The van der Waals surface area contributed by atoms with Crippen molar-refractivity contribution in [3.8, 4) is 0 Å². The molecule has 0 bridgehead atoms. The third-order valence-corrected chi connectivity index (χ3v) is 6.64. The van der Waals surface area contributed by atoms with E-state index in [4.69, 9.17) is 0 Å². The average molecular weight is 230 g/mol. The molecule has 80 valence electrons. The summed E-state index contributed by atoms with van der Waals surface area (Å²) in [4.78, 5) is 0. The molecule has 0 amide bonds. The Morgan fingerprint density at radius 3 is 2.71 bits per heavy atom. The van der Waals surface area contributed by atoms with Crippen molar-refractivity contribution < 1.29 is 5.11 Å². The van der Waals surface area contributed by atoms with Gasteiger partial charge in [-0.2, -0.15) is 0 Å². The molecule has 0 spiro atoms. The van der Waals surface area contributed by atoms with Gasteiger partial charge in [-0.25, -0.2) is 0 Å². The van der Waals surface area contributed by atoms with E-state index in [1.165, 1.54) is 11.5 Å². The molecule has 1 fully saturated rings. The fourth-order valence-corrected chi connectivity index (χ4v) is 5.80. The van der Waals surface area contributed by atoms with Crippen molar-refractivity contribution >= 4 is 23.5 Å². The van der Waals surface area contributed by atoms with Crippen LogP contribution in [0.2, 0.25) is 0 Å². The molecule has 3 heteroatoms. The van der Waals surface area contributed by atoms with Gasteiger partial charge in [0.2, 0.25) is 0 Å². The molecule has 1 aliphatic carbocycles. The van der Waals surface area contributed by atoms with Gasteiger partial charge in [0, 0.05) is 18.1 Å². The number of thioether (sulfide) groups is 2. The molecule has 1 heterocycles. The number of aliphatic hydroxyl groups excluding tert-OH is 1. The average Bonchev–Trinajstić information content (AvgIpc) is 2.71. The zero-order chi connectivity index (χ0) is 10.0. The summed E-state index contributed by atoms with van der Waals surface area (Å²) in [6, 6.07) is 0. The summed E-state index contributed by atoms with van der Waals surface area (Å²) < 4.78 is 0.720. The maximum absolute atomic E-state index is 9.53. The number of allylic oxidation sites excluding steroid dienone is 2. The zero-order valence-corrected chi connectivity index (χ0v) is 10.2. The van der Waals surface area contributed by atoms with Gasteiger partial charge in [-0.15, -0.1) is 23.5 Å². The number of hydrogen-bond acceptors (Lipinski definition) is 3. The second kappa shape index (κ2) is 4.50. The van der Waals surface area contributed by atoms with Crippen LogP contribution in [0.15, 0.2) is 12.2 Å². The van der Waals surface area contributed by atoms with Gasteiger partial charge >= 0.3 is 0 Å². The van der Waals surface area contributed by atoms with Gasteiger partial charge in [0.05, 0.1) is 4.58 Å². The summed E-state index contributed by atoms with van der Waals surface area (Å²) in [7, 11) is 0. The first kappa shape index (κ1) is 10.9. The van der Waals surface area contributed by atoms with E-state index in [1.807, 2.05) is 0 Å². The lowest BCUT2D eigenvalue weighted by molar-refractivity contribution is 0.0839. The molecular weight excluding hydrogens is 212 g/mol. The predicted octanol–water partition coefficient (Wildman–Crippen LogP) is 2.76. The fourth-order valence-electron chi connectivity index (χ4n) is 2.26. The third kappa shape index (κ3) is 2.00. The molecule has 2 aliphatic rings. The van der Waals surface area contributed by atoms with Gasteiger partial charge < -0.3 is 5.11 Å². The summed E-state index contributed by atoms with van der Waals surface area (Å²) in [6.45, 7) is 2.57. The van der Waals surface area contributed by atoms with Gasteiger partial charge in [-0.05, 0) is 24.2 Å². The highest BCUT2D eigenvalue weighted by Crippen LogP contribution is 2.49. The first-order chi connectivity index (χ1) is 6.76. The van der Waals surface area contributed by atoms with Crippen LogP contribution in [0.4, 0.5) is 0 Å². The molecular formula is C11H18OS2. The molecule has 2 rings (SSSR count). The van der Waals surface area contributed by atoms with Crippen LogP contribution in [0.1, 0.15) is 19.8 Å². The number of aliphatic hydroxyl groups is 1. The Morgan fingerprint density at radius 1 is 1.36 bits per heavy atom.